The van der Waals surface area contributed by atoms with Crippen LogP contribution >= 0.6 is 15.9 Å². The first-order valence-electron chi connectivity index (χ1n) is 8.08. The van der Waals surface area contributed by atoms with Gasteiger partial charge in [-0.2, -0.15) is 0 Å². The van der Waals surface area contributed by atoms with Crippen molar-refractivity contribution in [2.24, 2.45) is 0 Å². The number of nitrogens with one attached hydrogen (secondary N) is 2. The van der Waals surface area contributed by atoms with E-state index in [1.54, 1.807) is 62.6 Å². The van der Waals surface area contributed by atoms with Crippen molar-refractivity contribution in [1.82, 2.24) is 10.6 Å². The topological polar surface area (TPSA) is 92.3 Å². The minimum Gasteiger partial charge on any atom is -0.355 e. The van der Waals surface area contributed by atoms with Gasteiger partial charge in [0.25, 0.3) is 11.8 Å². The monoisotopic (exact) mass is 432 g/mol. The number of rotatable bonds is 5. The van der Waals surface area contributed by atoms with Crippen LogP contribution in [0.25, 0.3) is 0 Å². The molecule has 6 nitrogen and oxygen atoms in total. The lowest BCUT2D eigenvalue weighted by molar-refractivity contribution is 0.0954. The Morgan fingerprint density at radius 1 is 0.778 bits per heavy atom. The molecule has 2 N–H and O–H groups in total. The van der Waals surface area contributed by atoms with Gasteiger partial charge >= 0.3 is 0 Å². The third-order valence-corrected chi connectivity index (χ3v) is 4.06. The van der Waals surface area contributed by atoms with Gasteiger partial charge in [0.15, 0.2) is 11.6 Å². The van der Waals surface area contributed by atoms with E-state index >= 15 is 0 Å². The SMILES string of the molecule is CNC(=O)c1cccc(C(=O)CBr)c1.CNC(=O)c1cccc(C(C)=O)c1. The third kappa shape index (κ3) is 6.79. The maximum atomic E-state index is 11.3. The molecule has 0 fully saturated rings. The number of carbonyl (C=O) groups is 4. The number of hydrogen-bond donors (Lipinski definition) is 2. The summed E-state index contributed by atoms with van der Waals surface area (Å²) in [6, 6.07) is 13.3. The average molecular weight is 433 g/mol. The van der Waals surface area contributed by atoms with E-state index in [9.17, 15) is 19.2 Å². The first kappa shape index (κ1) is 22.2. The number of halogens is 1. The molecule has 0 aliphatic rings. The molecule has 0 spiro atoms. The molecule has 0 aromatic heterocycles. The van der Waals surface area contributed by atoms with Gasteiger partial charge in [0, 0.05) is 36.3 Å². The van der Waals surface area contributed by atoms with Crippen molar-refractivity contribution in [2.75, 3.05) is 19.4 Å². The summed E-state index contributed by atoms with van der Waals surface area (Å²) < 4.78 is 0. The van der Waals surface area contributed by atoms with Crippen molar-refractivity contribution >= 4 is 39.3 Å². The molecule has 0 saturated heterocycles. The second kappa shape index (κ2) is 11.0. The molecule has 0 aliphatic heterocycles. The molecular weight excluding hydrogens is 412 g/mol. The second-order valence-electron chi connectivity index (χ2n) is 5.43. The molecule has 0 atom stereocenters. The smallest absolute Gasteiger partial charge is 0.251 e. The van der Waals surface area contributed by atoms with Crippen LogP contribution in [0.15, 0.2) is 48.5 Å². The van der Waals surface area contributed by atoms with E-state index in [0.29, 0.717) is 22.3 Å². The highest BCUT2D eigenvalue weighted by molar-refractivity contribution is 9.09. The summed E-state index contributed by atoms with van der Waals surface area (Å²) in [6.07, 6.45) is 0. The molecule has 27 heavy (non-hydrogen) atoms. The van der Waals surface area contributed by atoms with E-state index in [-0.39, 0.29) is 28.7 Å². The second-order valence-corrected chi connectivity index (χ2v) is 5.99. The number of carbonyl (C=O) groups excluding carboxylic acids is 4. The summed E-state index contributed by atoms with van der Waals surface area (Å²) in [7, 11) is 3.12. The van der Waals surface area contributed by atoms with Crippen LogP contribution < -0.4 is 10.6 Å². The van der Waals surface area contributed by atoms with Crippen LogP contribution in [0.3, 0.4) is 0 Å². The van der Waals surface area contributed by atoms with Gasteiger partial charge in [-0.15, -0.1) is 0 Å². The standard InChI is InChI=1S/C10H10BrNO2.C10H11NO2/c1-12-10(14)8-4-2-3-7(5-8)9(13)6-11;1-7(12)8-4-3-5-9(6-8)10(13)11-2/h2-5H,6H2,1H3,(H,12,14);3-6H,1-2H3,(H,11,13). The number of benzene rings is 2. The van der Waals surface area contributed by atoms with E-state index in [1.807, 2.05) is 0 Å². The highest BCUT2D eigenvalue weighted by Crippen LogP contribution is 2.07. The Labute approximate surface area is 166 Å². The lowest BCUT2D eigenvalue weighted by Gasteiger charge is -2.01. The van der Waals surface area contributed by atoms with Crippen LogP contribution in [-0.4, -0.2) is 42.8 Å². The van der Waals surface area contributed by atoms with Crippen molar-refractivity contribution in [1.29, 1.82) is 0 Å². The lowest BCUT2D eigenvalue weighted by Crippen LogP contribution is -2.18. The lowest BCUT2D eigenvalue weighted by atomic mass is 10.1. The van der Waals surface area contributed by atoms with Crippen molar-refractivity contribution in [3.8, 4) is 0 Å². The number of Topliss-reactive ketones (excluding diaryl/α,β-unsaturated/α-hetero) is 2. The fraction of sp³-hybridized carbons (Fsp3) is 0.200. The predicted octanol–water partition coefficient (Wildman–Crippen LogP) is 2.87. The highest BCUT2D eigenvalue weighted by atomic mass is 79.9. The van der Waals surface area contributed by atoms with Gasteiger partial charge in [0.1, 0.15) is 0 Å². The number of ketones is 2. The zero-order valence-corrected chi connectivity index (χ0v) is 16.9. The molecule has 2 rings (SSSR count). The highest BCUT2D eigenvalue weighted by Gasteiger charge is 2.08. The minimum absolute atomic E-state index is 0.0317. The van der Waals surface area contributed by atoms with E-state index in [2.05, 4.69) is 26.6 Å². The summed E-state index contributed by atoms with van der Waals surface area (Å²) in [5, 5.41) is 5.27. The maximum absolute atomic E-state index is 11.3. The van der Waals surface area contributed by atoms with Crippen molar-refractivity contribution in [3.05, 3.63) is 70.8 Å². The first-order valence-corrected chi connectivity index (χ1v) is 9.20. The molecule has 142 valence electrons. The number of hydrogen-bond acceptors (Lipinski definition) is 4. The zero-order valence-electron chi connectivity index (χ0n) is 15.3. The molecule has 2 aromatic carbocycles. The van der Waals surface area contributed by atoms with Gasteiger partial charge in [-0.05, 0) is 31.2 Å². The van der Waals surface area contributed by atoms with Gasteiger partial charge in [0.2, 0.25) is 0 Å². The third-order valence-electron chi connectivity index (χ3n) is 3.55. The zero-order chi connectivity index (χ0) is 20.4. The first-order chi connectivity index (χ1) is 12.8. The van der Waals surface area contributed by atoms with Crippen molar-refractivity contribution in [3.63, 3.8) is 0 Å². The van der Waals surface area contributed by atoms with Crippen molar-refractivity contribution < 1.29 is 19.2 Å². The van der Waals surface area contributed by atoms with Gasteiger partial charge in [-0.1, -0.05) is 40.2 Å². The summed E-state index contributed by atoms with van der Waals surface area (Å²) in [4.78, 5) is 44.7. The summed E-state index contributed by atoms with van der Waals surface area (Å²) >= 11 is 3.08. The Balaban J connectivity index is 0.000000271. The molecule has 2 aromatic rings. The van der Waals surface area contributed by atoms with Gasteiger partial charge < -0.3 is 10.6 Å². The fourth-order valence-corrected chi connectivity index (χ4v) is 2.40. The normalized spacial score (nSPS) is 9.48. The maximum Gasteiger partial charge on any atom is 0.251 e. The van der Waals surface area contributed by atoms with Gasteiger partial charge in [0.05, 0.1) is 5.33 Å². The molecule has 0 radical (unpaired) electrons. The Morgan fingerprint density at radius 3 is 1.59 bits per heavy atom. The van der Waals surface area contributed by atoms with Crippen LogP contribution in [0, 0.1) is 0 Å². The van der Waals surface area contributed by atoms with E-state index in [0.717, 1.165) is 0 Å². The van der Waals surface area contributed by atoms with Gasteiger partial charge in [-0.25, -0.2) is 0 Å². The van der Waals surface area contributed by atoms with Crippen LogP contribution in [0.1, 0.15) is 48.4 Å². The largest absolute Gasteiger partial charge is 0.355 e. The molecule has 0 heterocycles. The Kier molecular flexibility index (Phi) is 9.08. The molecule has 0 saturated carbocycles. The Hall–Kier alpha value is -2.80. The fourth-order valence-electron chi connectivity index (χ4n) is 2.08. The van der Waals surface area contributed by atoms with Crippen molar-refractivity contribution in [2.45, 2.75) is 6.92 Å². The Morgan fingerprint density at radius 2 is 1.19 bits per heavy atom. The van der Waals surface area contributed by atoms with E-state index < -0.39 is 0 Å². The number of alkyl halides is 1. The minimum atomic E-state index is -0.186. The molecule has 0 unspecified atom stereocenters. The molecular formula is C20H21BrN2O4. The average Bonchev–Trinajstić information content (AvgIpc) is 2.72. The molecule has 0 bridgehead atoms. The quantitative estimate of drug-likeness (QED) is 0.561. The van der Waals surface area contributed by atoms with Crippen LogP contribution in [-0.2, 0) is 0 Å². The predicted molar refractivity (Wildman–Crippen MR) is 108 cm³/mol. The van der Waals surface area contributed by atoms with E-state index in [4.69, 9.17) is 0 Å². The molecule has 2 amide bonds. The Bertz CT molecular complexity index is 818. The van der Waals surface area contributed by atoms with E-state index in [1.165, 1.54) is 6.92 Å². The molecule has 7 heteroatoms. The summed E-state index contributed by atoms with van der Waals surface area (Å²) in [5.41, 5.74) is 2.11. The summed E-state index contributed by atoms with van der Waals surface area (Å²) in [6.45, 7) is 1.48. The van der Waals surface area contributed by atoms with Crippen LogP contribution in [0.2, 0.25) is 0 Å². The van der Waals surface area contributed by atoms with Gasteiger partial charge in [-0.3, -0.25) is 19.2 Å². The van der Waals surface area contributed by atoms with Crippen LogP contribution in [0.4, 0.5) is 0 Å². The summed E-state index contributed by atoms with van der Waals surface area (Å²) in [5.74, 6) is -0.432. The number of amides is 2. The van der Waals surface area contributed by atoms with Crippen LogP contribution in [0.5, 0.6) is 0 Å². The molecule has 0 aliphatic carbocycles.